The summed E-state index contributed by atoms with van der Waals surface area (Å²) in [5.41, 5.74) is 3.56. The van der Waals surface area contributed by atoms with E-state index in [0.29, 0.717) is 31.9 Å². The third kappa shape index (κ3) is 4.87. The van der Waals surface area contributed by atoms with Crippen LogP contribution in [0.4, 0.5) is 10.2 Å². The van der Waals surface area contributed by atoms with E-state index >= 15 is 0 Å². The molecule has 0 unspecified atom stereocenters. The number of hydrogen-bond donors (Lipinski definition) is 0. The van der Waals surface area contributed by atoms with Crippen LogP contribution in [0.15, 0.2) is 66.7 Å². The molecule has 4 aromatic rings. The lowest BCUT2D eigenvalue weighted by molar-refractivity contribution is 0.0769. The van der Waals surface area contributed by atoms with Gasteiger partial charge in [-0.25, -0.2) is 14.4 Å². The van der Waals surface area contributed by atoms with Crippen molar-refractivity contribution in [3.63, 3.8) is 0 Å². The molecule has 0 saturated carbocycles. The Hall–Kier alpha value is -3.80. The fourth-order valence-corrected chi connectivity index (χ4v) is 4.95. The van der Waals surface area contributed by atoms with Gasteiger partial charge in [0.15, 0.2) is 0 Å². The second-order valence-electron chi connectivity index (χ2n) is 9.12. The summed E-state index contributed by atoms with van der Waals surface area (Å²) in [6, 6.07) is 20.6. The predicted octanol–water partition coefficient (Wildman–Crippen LogP) is 5.33. The summed E-state index contributed by atoms with van der Waals surface area (Å²) in [6.45, 7) is 6.68. The molecule has 3 aromatic carbocycles. The first-order chi connectivity index (χ1) is 17.0. The Balaban J connectivity index is 1.40. The van der Waals surface area contributed by atoms with Gasteiger partial charge in [0.25, 0.3) is 5.91 Å². The highest BCUT2D eigenvalue weighted by molar-refractivity contribution is 6.07. The molecule has 35 heavy (non-hydrogen) atoms. The van der Waals surface area contributed by atoms with E-state index < -0.39 is 0 Å². The summed E-state index contributed by atoms with van der Waals surface area (Å²) in [4.78, 5) is 27.1. The van der Waals surface area contributed by atoms with Crippen LogP contribution >= 0.6 is 0 Å². The lowest BCUT2D eigenvalue weighted by Gasteiger charge is -2.26. The highest BCUT2D eigenvalue weighted by Crippen LogP contribution is 2.26. The molecule has 0 bridgehead atoms. The van der Waals surface area contributed by atoms with Crippen LogP contribution in [0, 0.1) is 19.7 Å². The third-order valence-corrected chi connectivity index (χ3v) is 6.68. The molecule has 2 heterocycles. The first-order valence-corrected chi connectivity index (χ1v) is 12.1. The van der Waals surface area contributed by atoms with Crippen molar-refractivity contribution >= 4 is 22.5 Å². The molecular weight excluding hydrogens is 439 g/mol. The molecule has 1 aliphatic heterocycles. The first-order valence-electron chi connectivity index (χ1n) is 12.1. The normalized spacial score (nSPS) is 14.3. The van der Waals surface area contributed by atoms with Gasteiger partial charge < -0.3 is 9.80 Å². The lowest BCUT2D eigenvalue weighted by Crippen LogP contribution is -2.36. The molecule has 5 rings (SSSR count). The molecule has 1 fully saturated rings. The molecule has 1 aliphatic rings. The van der Waals surface area contributed by atoms with Gasteiger partial charge in [0.2, 0.25) is 0 Å². The van der Waals surface area contributed by atoms with Crippen LogP contribution in [0.25, 0.3) is 10.8 Å². The van der Waals surface area contributed by atoms with E-state index in [-0.39, 0.29) is 11.7 Å². The molecule has 5 nitrogen and oxygen atoms in total. The Bertz CT molecular complexity index is 1380. The Morgan fingerprint density at radius 2 is 1.71 bits per heavy atom. The number of fused-ring (bicyclic) bond motifs is 1. The Morgan fingerprint density at radius 3 is 2.57 bits per heavy atom. The molecule has 1 amide bonds. The number of benzene rings is 3. The summed E-state index contributed by atoms with van der Waals surface area (Å²) < 4.78 is 13.8. The van der Waals surface area contributed by atoms with Crippen molar-refractivity contribution < 1.29 is 9.18 Å². The molecule has 0 radical (unpaired) electrons. The number of carbonyl (C=O) groups excluding carboxylic acids is 1. The quantitative estimate of drug-likeness (QED) is 0.406. The number of amides is 1. The van der Waals surface area contributed by atoms with Crippen LogP contribution in [-0.4, -0.2) is 47.0 Å². The fraction of sp³-hybridized carbons (Fsp3) is 0.276. The average molecular weight is 469 g/mol. The summed E-state index contributed by atoms with van der Waals surface area (Å²) >= 11 is 0. The van der Waals surface area contributed by atoms with Gasteiger partial charge in [0, 0.05) is 49.4 Å². The maximum Gasteiger partial charge on any atom is 0.254 e. The minimum absolute atomic E-state index is 0.0682. The maximum absolute atomic E-state index is 13.8. The number of aromatic nitrogens is 2. The van der Waals surface area contributed by atoms with Gasteiger partial charge in [-0.15, -0.1) is 0 Å². The number of rotatable bonds is 4. The zero-order chi connectivity index (χ0) is 24.4. The molecule has 1 saturated heterocycles. The summed E-state index contributed by atoms with van der Waals surface area (Å²) in [5.74, 6) is 1.43. The fourth-order valence-electron chi connectivity index (χ4n) is 4.95. The van der Waals surface area contributed by atoms with Crippen molar-refractivity contribution in [3.05, 3.63) is 101 Å². The number of hydrogen-bond acceptors (Lipinski definition) is 4. The van der Waals surface area contributed by atoms with Crippen molar-refractivity contribution in [2.24, 2.45) is 0 Å². The van der Waals surface area contributed by atoms with Gasteiger partial charge in [0.1, 0.15) is 17.5 Å². The van der Waals surface area contributed by atoms with E-state index in [4.69, 9.17) is 4.98 Å². The predicted molar refractivity (Wildman–Crippen MR) is 137 cm³/mol. The zero-order valence-electron chi connectivity index (χ0n) is 20.2. The van der Waals surface area contributed by atoms with Crippen molar-refractivity contribution in [2.45, 2.75) is 26.7 Å². The van der Waals surface area contributed by atoms with Gasteiger partial charge in [0.05, 0.1) is 0 Å². The molecule has 0 aliphatic carbocycles. The zero-order valence-corrected chi connectivity index (χ0v) is 20.2. The van der Waals surface area contributed by atoms with Crippen molar-refractivity contribution in [1.82, 2.24) is 14.9 Å². The number of carbonyl (C=O) groups is 1. The second kappa shape index (κ2) is 9.82. The largest absolute Gasteiger partial charge is 0.354 e. The van der Waals surface area contributed by atoms with Crippen molar-refractivity contribution in [2.75, 3.05) is 31.1 Å². The molecule has 178 valence electrons. The molecular formula is C29H29FN4O. The molecule has 0 spiro atoms. The third-order valence-electron chi connectivity index (χ3n) is 6.68. The number of anilines is 1. The number of nitrogens with zero attached hydrogens (tertiary/aromatic N) is 4. The monoisotopic (exact) mass is 468 g/mol. The van der Waals surface area contributed by atoms with E-state index in [9.17, 15) is 9.18 Å². The minimum atomic E-state index is -0.243. The Labute approximate surface area is 205 Å². The van der Waals surface area contributed by atoms with Crippen LogP contribution in [-0.2, 0) is 6.42 Å². The average Bonchev–Trinajstić information content (AvgIpc) is 3.11. The second-order valence-corrected chi connectivity index (χ2v) is 9.12. The highest BCUT2D eigenvalue weighted by Gasteiger charge is 2.24. The Morgan fingerprint density at radius 1 is 0.914 bits per heavy atom. The smallest absolute Gasteiger partial charge is 0.254 e. The van der Waals surface area contributed by atoms with Crippen molar-refractivity contribution in [1.29, 1.82) is 0 Å². The summed E-state index contributed by atoms with van der Waals surface area (Å²) in [7, 11) is 0. The van der Waals surface area contributed by atoms with E-state index in [1.54, 1.807) is 12.1 Å². The van der Waals surface area contributed by atoms with Crippen LogP contribution in [0.1, 0.15) is 39.4 Å². The highest BCUT2D eigenvalue weighted by atomic mass is 19.1. The molecule has 1 aromatic heterocycles. The van der Waals surface area contributed by atoms with E-state index in [1.165, 1.54) is 6.07 Å². The van der Waals surface area contributed by atoms with Gasteiger partial charge in [-0.3, -0.25) is 4.79 Å². The topological polar surface area (TPSA) is 49.3 Å². The molecule has 0 N–H and O–H groups in total. The van der Waals surface area contributed by atoms with Crippen LogP contribution in [0.3, 0.4) is 0 Å². The van der Waals surface area contributed by atoms with Gasteiger partial charge in [-0.05, 0) is 54.8 Å². The maximum atomic E-state index is 13.8. The van der Waals surface area contributed by atoms with Gasteiger partial charge in [-0.1, -0.05) is 48.5 Å². The van der Waals surface area contributed by atoms with Crippen LogP contribution < -0.4 is 4.90 Å². The standard InChI is InChI=1S/C29H29FN4O/c1-20-27(19-22-8-5-11-24(30)18-22)28(32-21(2)31-20)33-14-7-15-34(17-16-33)29(35)26-13-6-10-23-9-3-4-12-25(23)26/h3-6,8-13,18H,7,14-17,19H2,1-2H3. The first kappa shape index (κ1) is 23.0. The lowest BCUT2D eigenvalue weighted by atomic mass is 10.0. The minimum Gasteiger partial charge on any atom is -0.354 e. The Kier molecular flexibility index (Phi) is 6.45. The molecule has 6 heteroatoms. The van der Waals surface area contributed by atoms with Crippen molar-refractivity contribution in [3.8, 4) is 0 Å². The number of halogens is 1. The summed E-state index contributed by atoms with van der Waals surface area (Å²) in [5, 5.41) is 2.06. The van der Waals surface area contributed by atoms with Gasteiger partial charge in [-0.2, -0.15) is 0 Å². The van der Waals surface area contributed by atoms with E-state index in [2.05, 4.69) is 9.88 Å². The van der Waals surface area contributed by atoms with E-state index in [1.807, 2.05) is 67.3 Å². The number of aryl methyl sites for hydroxylation is 2. The van der Waals surface area contributed by atoms with Crippen LogP contribution in [0.2, 0.25) is 0 Å². The van der Waals surface area contributed by atoms with Gasteiger partial charge >= 0.3 is 0 Å². The van der Waals surface area contributed by atoms with Crippen LogP contribution in [0.5, 0.6) is 0 Å². The van der Waals surface area contributed by atoms with E-state index in [0.717, 1.165) is 51.9 Å². The molecule has 0 atom stereocenters. The summed E-state index contributed by atoms with van der Waals surface area (Å²) in [6.07, 6.45) is 1.41. The SMILES string of the molecule is Cc1nc(C)c(Cc2cccc(F)c2)c(N2CCCN(C(=O)c3cccc4ccccc34)CC2)n1.